The summed E-state index contributed by atoms with van der Waals surface area (Å²) in [6.07, 6.45) is 0.858. The third-order valence-electron chi connectivity index (χ3n) is 1.44. The fraction of sp³-hybridized carbons (Fsp3) is 0. The van der Waals surface area contributed by atoms with E-state index in [-0.39, 0.29) is 0 Å². The zero-order valence-electron chi connectivity index (χ0n) is 5.53. The molecule has 4 heteroatoms. The summed E-state index contributed by atoms with van der Waals surface area (Å²) in [4.78, 5) is 11.1. The largest absolute Gasteiger partial charge is 0.398 e. The zero-order chi connectivity index (χ0) is 7.84. The Bertz CT molecular complexity index is 401. The van der Waals surface area contributed by atoms with Crippen molar-refractivity contribution in [1.82, 2.24) is 0 Å². The van der Waals surface area contributed by atoms with Crippen molar-refractivity contribution in [2.75, 3.05) is 5.73 Å². The smallest absolute Gasteiger partial charge is 0.160 e. The summed E-state index contributed by atoms with van der Waals surface area (Å²) in [6, 6.07) is 1.83. The Kier molecular flexibility index (Phi) is 1.44. The fourth-order valence-corrected chi connectivity index (χ4v) is 2.94. The molecule has 2 aromatic rings. The monoisotopic (exact) mass is 183 g/mol. The van der Waals surface area contributed by atoms with Crippen LogP contribution in [0, 0.1) is 0 Å². The molecule has 0 aliphatic rings. The van der Waals surface area contributed by atoms with E-state index in [9.17, 15) is 4.79 Å². The van der Waals surface area contributed by atoms with Gasteiger partial charge >= 0.3 is 0 Å². The summed E-state index contributed by atoms with van der Waals surface area (Å²) in [5.74, 6) is 0. The maximum absolute atomic E-state index is 10.4. The summed E-state index contributed by atoms with van der Waals surface area (Å²) >= 11 is 3.07. The van der Waals surface area contributed by atoms with Crippen LogP contribution < -0.4 is 5.73 Å². The highest BCUT2D eigenvalue weighted by Crippen LogP contribution is 2.34. The number of anilines is 1. The molecule has 0 bridgehead atoms. The summed E-state index contributed by atoms with van der Waals surface area (Å²) in [5, 5.41) is 2.91. The Balaban J connectivity index is 2.79. The highest BCUT2D eigenvalue weighted by molar-refractivity contribution is 7.38. The van der Waals surface area contributed by atoms with Gasteiger partial charge in [0, 0.05) is 10.8 Å². The molecule has 2 nitrogen and oxygen atoms in total. The number of fused-ring (bicyclic) bond motifs is 1. The van der Waals surface area contributed by atoms with Crippen molar-refractivity contribution in [2.45, 2.75) is 0 Å². The summed E-state index contributed by atoms with van der Waals surface area (Å²) < 4.78 is 1.13. The number of carbonyl (C=O) groups is 1. The Labute approximate surface area is 71.3 Å². The highest BCUT2D eigenvalue weighted by atomic mass is 32.2. The van der Waals surface area contributed by atoms with Crippen molar-refractivity contribution >= 4 is 44.0 Å². The van der Waals surface area contributed by atoms with Crippen LogP contribution >= 0.6 is 22.7 Å². The van der Waals surface area contributed by atoms with Crippen molar-refractivity contribution in [3.05, 3.63) is 16.3 Å². The van der Waals surface area contributed by atoms with Crippen molar-refractivity contribution in [3.8, 4) is 0 Å². The molecule has 0 amide bonds. The van der Waals surface area contributed by atoms with Gasteiger partial charge in [0.1, 0.15) is 0 Å². The van der Waals surface area contributed by atoms with E-state index < -0.39 is 0 Å². The molecular weight excluding hydrogens is 178 g/mol. The van der Waals surface area contributed by atoms with E-state index in [1.165, 1.54) is 11.3 Å². The molecule has 0 aliphatic heterocycles. The highest BCUT2D eigenvalue weighted by Gasteiger charge is 2.04. The number of hydrogen-bond acceptors (Lipinski definition) is 4. The lowest BCUT2D eigenvalue weighted by Crippen LogP contribution is -1.77. The molecule has 0 spiro atoms. The fourth-order valence-electron chi connectivity index (χ4n) is 0.920. The molecule has 2 aromatic heterocycles. The van der Waals surface area contributed by atoms with Gasteiger partial charge in [0.2, 0.25) is 0 Å². The van der Waals surface area contributed by atoms with Gasteiger partial charge in [0.05, 0.1) is 14.6 Å². The Morgan fingerprint density at radius 3 is 3.00 bits per heavy atom. The van der Waals surface area contributed by atoms with Crippen molar-refractivity contribution in [2.24, 2.45) is 0 Å². The average molecular weight is 183 g/mol. The second kappa shape index (κ2) is 2.32. The van der Waals surface area contributed by atoms with E-state index in [1.807, 2.05) is 11.4 Å². The number of nitrogen functional groups attached to an aromatic ring is 1. The Morgan fingerprint density at radius 1 is 1.55 bits per heavy atom. The molecular formula is C7H5NOS2. The number of hydrogen-bond donors (Lipinski definition) is 1. The van der Waals surface area contributed by atoms with E-state index >= 15 is 0 Å². The number of nitrogens with two attached hydrogens (primary N) is 1. The van der Waals surface area contributed by atoms with E-state index in [0.717, 1.165) is 26.3 Å². The molecule has 0 fully saturated rings. The Hall–Kier alpha value is -0.870. The van der Waals surface area contributed by atoms with Crippen LogP contribution in [0.3, 0.4) is 0 Å². The van der Waals surface area contributed by atoms with Gasteiger partial charge in [-0.25, -0.2) is 0 Å². The van der Waals surface area contributed by atoms with Crippen LogP contribution in [0.15, 0.2) is 11.4 Å². The molecule has 0 saturated carbocycles. The van der Waals surface area contributed by atoms with Crippen LogP contribution in [0.1, 0.15) is 9.67 Å². The maximum atomic E-state index is 10.4. The minimum absolute atomic E-state index is 0.749. The van der Waals surface area contributed by atoms with Gasteiger partial charge in [-0.15, -0.1) is 22.7 Å². The molecule has 2 heterocycles. The standard InChI is InChI=1S/C7H5NOS2/c8-6-3-10-7-5(6)1-4(2-9)11-7/h1-3H,8H2. The first kappa shape index (κ1) is 6.82. The van der Waals surface area contributed by atoms with Crippen LogP contribution in [0.4, 0.5) is 5.69 Å². The minimum Gasteiger partial charge on any atom is -0.398 e. The predicted octanol–water partition coefficient (Wildman–Crippen LogP) is 2.36. The van der Waals surface area contributed by atoms with E-state index in [4.69, 9.17) is 5.73 Å². The van der Waals surface area contributed by atoms with Gasteiger partial charge in [0.15, 0.2) is 6.29 Å². The zero-order valence-corrected chi connectivity index (χ0v) is 7.17. The number of aldehydes is 1. The average Bonchev–Trinajstić information content (AvgIpc) is 2.53. The van der Waals surface area contributed by atoms with Crippen molar-refractivity contribution in [1.29, 1.82) is 0 Å². The SMILES string of the molecule is Nc1csc2sc(C=O)cc12. The summed E-state index contributed by atoms with van der Waals surface area (Å²) in [6.45, 7) is 0. The lowest BCUT2D eigenvalue weighted by Gasteiger charge is -1.78. The summed E-state index contributed by atoms with van der Waals surface area (Å²) in [7, 11) is 0. The molecule has 0 aromatic carbocycles. The van der Waals surface area contributed by atoms with Gasteiger partial charge in [-0.2, -0.15) is 0 Å². The van der Waals surface area contributed by atoms with Gasteiger partial charge in [0.25, 0.3) is 0 Å². The van der Waals surface area contributed by atoms with Crippen molar-refractivity contribution < 1.29 is 4.79 Å². The molecule has 0 atom stereocenters. The normalized spacial score (nSPS) is 10.5. The molecule has 0 radical (unpaired) electrons. The molecule has 0 unspecified atom stereocenters. The first-order valence-corrected chi connectivity index (χ1v) is 4.72. The van der Waals surface area contributed by atoms with Crippen LogP contribution in [-0.4, -0.2) is 6.29 Å². The van der Waals surface area contributed by atoms with Gasteiger partial charge < -0.3 is 5.73 Å². The van der Waals surface area contributed by atoms with E-state index in [1.54, 1.807) is 11.3 Å². The molecule has 0 saturated heterocycles. The van der Waals surface area contributed by atoms with Crippen molar-refractivity contribution in [3.63, 3.8) is 0 Å². The first-order valence-electron chi connectivity index (χ1n) is 3.03. The van der Waals surface area contributed by atoms with Crippen LogP contribution in [-0.2, 0) is 0 Å². The molecule has 0 aliphatic carbocycles. The van der Waals surface area contributed by atoms with Gasteiger partial charge in [-0.05, 0) is 6.07 Å². The Morgan fingerprint density at radius 2 is 2.36 bits per heavy atom. The van der Waals surface area contributed by atoms with Crippen LogP contribution in [0.2, 0.25) is 0 Å². The number of thiophene rings is 2. The lowest BCUT2D eigenvalue weighted by atomic mass is 10.3. The van der Waals surface area contributed by atoms with Gasteiger partial charge in [-0.3, -0.25) is 4.79 Å². The molecule has 2 N–H and O–H groups in total. The third kappa shape index (κ3) is 0.948. The number of rotatable bonds is 1. The molecule has 11 heavy (non-hydrogen) atoms. The lowest BCUT2D eigenvalue weighted by molar-refractivity contribution is 0.112. The van der Waals surface area contributed by atoms with Crippen LogP contribution in [0.25, 0.3) is 9.40 Å². The maximum Gasteiger partial charge on any atom is 0.160 e. The molecule has 2 rings (SSSR count). The van der Waals surface area contributed by atoms with Crippen LogP contribution in [0.5, 0.6) is 0 Å². The first-order chi connectivity index (χ1) is 5.31. The number of carbonyl (C=O) groups excluding carboxylic acids is 1. The topological polar surface area (TPSA) is 43.1 Å². The third-order valence-corrected chi connectivity index (χ3v) is 3.64. The van der Waals surface area contributed by atoms with E-state index in [2.05, 4.69) is 0 Å². The molecule has 56 valence electrons. The minimum atomic E-state index is 0.749. The van der Waals surface area contributed by atoms with Gasteiger partial charge in [-0.1, -0.05) is 0 Å². The van der Waals surface area contributed by atoms with E-state index in [0.29, 0.717) is 0 Å². The quantitative estimate of drug-likeness (QED) is 0.690. The summed E-state index contributed by atoms with van der Waals surface area (Å²) in [5.41, 5.74) is 6.42. The second-order valence-corrected chi connectivity index (χ2v) is 4.38. The second-order valence-electron chi connectivity index (χ2n) is 2.16. The predicted molar refractivity (Wildman–Crippen MR) is 49.5 cm³/mol.